The molecule has 2 aromatic rings. The number of hydrogen-bond acceptors (Lipinski definition) is 2. The Bertz CT molecular complexity index is 693. The van der Waals surface area contributed by atoms with E-state index in [1.807, 2.05) is 56.3 Å². The smallest absolute Gasteiger partial charge is 0.228 e. The van der Waals surface area contributed by atoms with Gasteiger partial charge >= 0.3 is 0 Å². The third-order valence-corrected chi connectivity index (χ3v) is 4.28. The van der Waals surface area contributed by atoms with Crippen molar-refractivity contribution >= 4 is 22.4 Å². The van der Waals surface area contributed by atoms with Crippen LogP contribution in [-0.2, 0) is 27.8 Å². The van der Waals surface area contributed by atoms with Crippen LogP contribution >= 0.6 is 0 Å². The molecule has 0 spiro atoms. The Labute approximate surface area is 134 Å². The first-order valence-electron chi connectivity index (χ1n) is 7.19. The van der Waals surface area contributed by atoms with Gasteiger partial charge < -0.3 is 5.32 Å². The van der Waals surface area contributed by atoms with Crippen molar-refractivity contribution in [3.05, 3.63) is 64.7 Å². The summed E-state index contributed by atoms with van der Waals surface area (Å²) >= 11 is 0. The first-order valence-corrected chi connectivity index (χ1v) is 8.92. The molecule has 0 bridgehead atoms. The molecule has 0 radical (unpaired) electrons. The summed E-state index contributed by atoms with van der Waals surface area (Å²) in [7, 11) is -0.894. The highest BCUT2D eigenvalue weighted by atomic mass is 32.2. The quantitative estimate of drug-likeness (QED) is 0.919. The molecule has 0 aliphatic heterocycles. The minimum absolute atomic E-state index is 0.0401. The molecule has 116 valence electrons. The molecule has 0 aliphatic carbocycles. The molecule has 0 unspecified atom stereocenters. The zero-order valence-electron chi connectivity index (χ0n) is 13.2. The van der Waals surface area contributed by atoms with Gasteiger partial charge in [0.25, 0.3) is 0 Å². The minimum atomic E-state index is -0.894. The van der Waals surface area contributed by atoms with Crippen LogP contribution in [0.15, 0.2) is 42.5 Å². The number of benzene rings is 2. The molecule has 0 fully saturated rings. The molecule has 0 aliphatic rings. The fourth-order valence-electron chi connectivity index (χ4n) is 2.28. The van der Waals surface area contributed by atoms with Crippen molar-refractivity contribution in [3.8, 4) is 0 Å². The Morgan fingerprint density at radius 1 is 1.09 bits per heavy atom. The molecule has 1 atom stereocenters. The third-order valence-electron chi connectivity index (χ3n) is 3.56. The normalized spacial score (nSPS) is 12.0. The minimum Gasteiger partial charge on any atom is -0.326 e. The maximum atomic E-state index is 12.2. The SMILES string of the molecule is Cc1ccc(CC(=O)Nc2cccc(C[S@@](C)=O)c2C)cc1. The average Bonchev–Trinajstić information content (AvgIpc) is 2.45. The molecular formula is C18H21NO2S. The summed E-state index contributed by atoms with van der Waals surface area (Å²) in [6.45, 7) is 3.97. The predicted molar refractivity (Wildman–Crippen MR) is 92.5 cm³/mol. The van der Waals surface area contributed by atoms with Crippen LogP contribution in [0.4, 0.5) is 5.69 Å². The van der Waals surface area contributed by atoms with Crippen molar-refractivity contribution < 1.29 is 9.00 Å². The van der Waals surface area contributed by atoms with Crippen LogP contribution in [0.3, 0.4) is 0 Å². The first kappa shape index (κ1) is 16.4. The maximum Gasteiger partial charge on any atom is 0.228 e. The highest BCUT2D eigenvalue weighted by Gasteiger charge is 2.09. The molecule has 0 aromatic heterocycles. The molecule has 0 saturated heterocycles. The largest absolute Gasteiger partial charge is 0.326 e. The van der Waals surface area contributed by atoms with E-state index < -0.39 is 10.8 Å². The molecular weight excluding hydrogens is 294 g/mol. The summed E-state index contributed by atoms with van der Waals surface area (Å²) in [5.74, 6) is 0.467. The second kappa shape index (κ2) is 7.36. The number of anilines is 1. The van der Waals surface area contributed by atoms with Crippen molar-refractivity contribution in [2.75, 3.05) is 11.6 Å². The molecule has 2 aromatic carbocycles. The second-order valence-electron chi connectivity index (χ2n) is 5.52. The summed E-state index contributed by atoms with van der Waals surface area (Å²) < 4.78 is 11.4. The molecule has 22 heavy (non-hydrogen) atoms. The zero-order chi connectivity index (χ0) is 16.1. The second-order valence-corrected chi connectivity index (χ2v) is 6.95. The number of amides is 1. The van der Waals surface area contributed by atoms with Gasteiger partial charge in [0, 0.05) is 28.5 Å². The average molecular weight is 315 g/mol. The Balaban J connectivity index is 2.08. The van der Waals surface area contributed by atoms with Crippen LogP contribution in [-0.4, -0.2) is 16.4 Å². The Morgan fingerprint density at radius 3 is 2.41 bits per heavy atom. The summed E-state index contributed by atoms with van der Waals surface area (Å²) in [5.41, 5.74) is 4.95. The zero-order valence-corrected chi connectivity index (χ0v) is 14.0. The number of aryl methyl sites for hydroxylation is 1. The van der Waals surface area contributed by atoms with Gasteiger partial charge in [0.1, 0.15) is 0 Å². The van der Waals surface area contributed by atoms with Crippen LogP contribution in [0.25, 0.3) is 0 Å². The summed E-state index contributed by atoms with van der Waals surface area (Å²) in [4.78, 5) is 12.2. The maximum absolute atomic E-state index is 12.2. The monoisotopic (exact) mass is 315 g/mol. The standard InChI is InChI=1S/C18H21NO2S/c1-13-7-9-15(10-8-13)11-18(20)19-17-6-4-5-16(14(17)2)12-22(3)21/h4-10H,11-12H2,1-3H3,(H,19,20)/t22-/m1/s1. The highest BCUT2D eigenvalue weighted by Crippen LogP contribution is 2.20. The van der Waals surface area contributed by atoms with Gasteiger partial charge in [0.05, 0.1) is 6.42 Å². The Hall–Kier alpha value is -1.94. The molecule has 0 heterocycles. The molecule has 2 rings (SSSR count). The highest BCUT2D eigenvalue weighted by molar-refractivity contribution is 7.83. The predicted octanol–water partition coefficient (Wildman–Crippen LogP) is 3.36. The van der Waals surface area contributed by atoms with Crippen molar-refractivity contribution in [3.63, 3.8) is 0 Å². The van der Waals surface area contributed by atoms with Crippen LogP contribution in [0, 0.1) is 13.8 Å². The number of rotatable bonds is 5. The fourth-order valence-corrected chi connectivity index (χ4v) is 3.03. The van der Waals surface area contributed by atoms with Crippen LogP contribution < -0.4 is 5.32 Å². The number of hydrogen-bond donors (Lipinski definition) is 1. The number of carbonyl (C=O) groups excluding carboxylic acids is 1. The van der Waals surface area contributed by atoms with Gasteiger partial charge in [0.2, 0.25) is 5.91 Å². The number of carbonyl (C=O) groups is 1. The van der Waals surface area contributed by atoms with Gasteiger partial charge in [-0.3, -0.25) is 9.00 Å². The van der Waals surface area contributed by atoms with Gasteiger partial charge in [-0.05, 0) is 36.6 Å². The van der Waals surface area contributed by atoms with Gasteiger partial charge in [0.15, 0.2) is 0 Å². The van der Waals surface area contributed by atoms with E-state index in [-0.39, 0.29) is 5.91 Å². The lowest BCUT2D eigenvalue weighted by Crippen LogP contribution is -2.15. The third kappa shape index (κ3) is 4.53. The van der Waals surface area contributed by atoms with Gasteiger partial charge in [-0.25, -0.2) is 0 Å². The molecule has 0 saturated carbocycles. The van der Waals surface area contributed by atoms with Crippen LogP contribution in [0.5, 0.6) is 0 Å². The van der Waals surface area contributed by atoms with E-state index in [2.05, 4.69) is 5.32 Å². The van der Waals surface area contributed by atoms with Crippen LogP contribution in [0.1, 0.15) is 22.3 Å². The van der Waals surface area contributed by atoms with Crippen molar-refractivity contribution in [1.29, 1.82) is 0 Å². The van der Waals surface area contributed by atoms with Crippen molar-refractivity contribution in [2.45, 2.75) is 26.0 Å². The summed E-state index contributed by atoms with van der Waals surface area (Å²) in [6.07, 6.45) is 2.03. The summed E-state index contributed by atoms with van der Waals surface area (Å²) in [6, 6.07) is 13.7. The van der Waals surface area contributed by atoms with Gasteiger partial charge in [-0.2, -0.15) is 0 Å². The van der Waals surface area contributed by atoms with E-state index in [1.165, 1.54) is 5.56 Å². The topological polar surface area (TPSA) is 46.2 Å². The van der Waals surface area contributed by atoms with Crippen LogP contribution in [0.2, 0.25) is 0 Å². The lowest BCUT2D eigenvalue weighted by Gasteiger charge is -2.12. The van der Waals surface area contributed by atoms with Gasteiger partial charge in [-0.1, -0.05) is 42.0 Å². The summed E-state index contributed by atoms with van der Waals surface area (Å²) in [5, 5.41) is 2.95. The van der Waals surface area contributed by atoms with E-state index in [0.717, 1.165) is 22.4 Å². The molecule has 4 heteroatoms. The first-order chi connectivity index (χ1) is 10.5. The lowest BCUT2D eigenvalue weighted by atomic mass is 10.1. The van der Waals surface area contributed by atoms with E-state index >= 15 is 0 Å². The van der Waals surface area contributed by atoms with Gasteiger partial charge in [-0.15, -0.1) is 0 Å². The molecule has 1 amide bonds. The van der Waals surface area contributed by atoms with E-state index in [0.29, 0.717) is 12.2 Å². The van der Waals surface area contributed by atoms with Crippen molar-refractivity contribution in [2.24, 2.45) is 0 Å². The van der Waals surface area contributed by atoms with E-state index in [1.54, 1.807) is 6.26 Å². The Morgan fingerprint density at radius 2 is 1.77 bits per heavy atom. The fraction of sp³-hybridized carbons (Fsp3) is 0.278. The van der Waals surface area contributed by atoms with Crippen molar-refractivity contribution in [1.82, 2.24) is 0 Å². The number of nitrogens with one attached hydrogen (secondary N) is 1. The Kier molecular flexibility index (Phi) is 5.50. The van der Waals surface area contributed by atoms with E-state index in [4.69, 9.17) is 0 Å². The van der Waals surface area contributed by atoms with E-state index in [9.17, 15) is 9.00 Å². The molecule has 1 N–H and O–H groups in total. The lowest BCUT2D eigenvalue weighted by molar-refractivity contribution is -0.115. The molecule has 3 nitrogen and oxygen atoms in total.